The highest BCUT2D eigenvalue weighted by Crippen LogP contribution is 2.39. The Bertz CT molecular complexity index is 432. The Morgan fingerprint density at radius 3 is 2.12 bits per heavy atom. The Morgan fingerprint density at radius 2 is 1.58 bits per heavy atom. The molecule has 0 bridgehead atoms. The van der Waals surface area contributed by atoms with Crippen LogP contribution >= 0.6 is 0 Å². The number of amides is 2. The smallest absolute Gasteiger partial charge is 0.410 e. The van der Waals surface area contributed by atoms with Crippen LogP contribution in [0.3, 0.4) is 0 Å². The highest BCUT2D eigenvalue weighted by atomic mass is 16.6. The summed E-state index contributed by atoms with van der Waals surface area (Å²) >= 11 is 0. The van der Waals surface area contributed by atoms with Gasteiger partial charge in [-0.25, -0.2) is 4.79 Å². The maximum atomic E-state index is 12.8. The van der Waals surface area contributed by atoms with Gasteiger partial charge in [0.1, 0.15) is 11.6 Å². The molecule has 1 saturated heterocycles. The quantitative estimate of drug-likeness (QED) is 0.793. The summed E-state index contributed by atoms with van der Waals surface area (Å²) in [5, 5.41) is 3.04. The van der Waals surface area contributed by atoms with Gasteiger partial charge >= 0.3 is 6.09 Å². The van der Waals surface area contributed by atoms with Crippen molar-refractivity contribution in [1.29, 1.82) is 0 Å². The summed E-state index contributed by atoms with van der Waals surface area (Å²) in [6.45, 7) is 12.1. The zero-order valence-corrected chi connectivity index (χ0v) is 16.1. The van der Waals surface area contributed by atoms with Crippen LogP contribution in [0.5, 0.6) is 0 Å². The normalized spacial score (nSPS) is 28.1. The molecule has 2 rings (SSSR count). The van der Waals surface area contributed by atoms with Gasteiger partial charge in [0.05, 0.1) is 0 Å². The van der Waals surface area contributed by atoms with E-state index in [2.05, 4.69) is 5.32 Å². The van der Waals surface area contributed by atoms with E-state index in [4.69, 9.17) is 4.74 Å². The standard InChI is InChI=1S/C19H34N2O3/c1-18(2,3)20-16(22)15-11-13-9-7-8-10-14(13)12-21(15)17(23)24-19(4,5)6/h13-15H,7-12H2,1-6H3,(H,20,22). The highest BCUT2D eigenvalue weighted by Gasteiger charge is 2.43. The van der Waals surface area contributed by atoms with Crippen molar-refractivity contribution < 1.29 is 14.3 Å². The minimum atomic E-state index is -0.550. The van der Waals surface area contributed by atoms with E-state index < -0.39 is 11.6 Å². The molecule has 1 aliphatic heterocycles. The second kappa shape index (κ2) is 6.93. The van der Waals surface area contributed by atoms with Crippen LogP contribution in [0.4, 0.5) is 4.79 Å². The molecule has 1 N–H and O–H groups in total. The molecule has 1 saturated carbocycles. The fraction of sp³-hybridized carbons (Fsp3) is 0.895. The molecule has 0 aromatic rings. The summed E-state index contributed by atoms with van der Waals surface area (Å²) in [7, 11) is 0. The van der Waals surface area contributed by atoms with E-state index >= 15 is 0 Å². The first kappa shape index (κ1) is 19.1. The van der Waals surface area contributed by atoms with E-state index in [1.54, 1.807) is 4.90 Å². The lowest BCUT2D eigenvalue weighted by Crippen LogP contribution is -2.59. The van der Waals surface area contributed by atoms with Crippen molar-refractivity contribution in [3.63, 3.8) is 0 Å². The number of hydrogen-bond acceptors (Lipinski definition) is 3. The summed E-state index contributed by atoms with van der Waals surface area (Å²) < 4.78 is 5.57. The summed E-state index contributed by atoms with van der Waals surface area (Å²) in [4.78, 5) is 27.2. The van der Waals surface area contributed by atoms with Crippen LogP contribution in [0.1, 0.15) is 73.6 Å². The third-order valence-corrected chi connectivity index (χ3v) is 4.83. The first-order chi connectivity index (χ1) is 11.0. The van der Waals surface area contributed by atoms with Gasteiger partial charge in [-0.15, -0.1) is 0 Å². The van der Waals surface area contributed by atoms with Gasteiger partial charge in [-0.1, -0.05) is 19.3 Å². The van der Waals surface area contributed by atoms with Gasteiger partial charge in [-0.3, -0.25) is 9.69 Å². The van der Waals surface area contributed by atoms with Gasteiger partial charge < -0.3 is 10.1 Å². The van der Waals surface area contributed by atoms with Crippen molar-refractivity contribution in [3.05, 3.63) is 0 Å². The van der Waals surface area contributed by atoms with Gasteiger partial charge in [0.2, 0.25) is 5.91 Å². The first-order valence-electron chi connectivity index (χ1n) is 9.28. The van der Waals surface area contributed by atoms with E-state index in [1.165, 1.54) is 19.3 Å². The van der Waals surface area contributed by atoms with Crippen LogP contribution in [0, 0.1) is 11.8 Å². The lowest BCUT2D eigenvalue weighted by molar-refractivity contribution is -0.131. The number of hydrogen-bond donors (Lipinski definition) is 1. The maximum Gasteiger partial charge on any atom is 0.410 e. The van der Waals surface area contributed by atoms with Crippen LogP contribution in [0.15, 0.2) is 0 Å². The zero-order valence-electron chi connectivity index (χ0n) is 16.1. The minimum Gasteiger partial charge on any atom is -0.444 e. The second-order valence-corrected chi connectivity index (χ2v) is 9.43. The van der Waals surface area contributed by atoms with Crippen LogP contribution in [-0.4, -0.2) is 40.6 Å². The van der Waals surface area contributed by atoms with Gasteiger partial charge in [-0.2, -0.15) is 0 Å². The number of nitrogens with one attached hydrogen (secondary N) is 1. The predicted octanol–water partition coefficient (Wildman–Crippen LogP) is 3.72. The number of fused-ring (bicyclic) bond motifs is 1. The van der Waals surface area contributed by atoms with Crippen molar-refractivity contribution in [2.75, 3.05) is 6.54 Å². The molecule has 24 heavy (non-hydrogen) atoms. The average Bonchev–Trinajstić information content (AvgIpc) is 2.42. The summed E-state index contributed by atoms with van der Waals surface area (Å²) in [5.41, 5.74) is -0.856. The monoisotopic (exact) mass is 338 g/mol. The fourth-order valence-electron chi connectivity index (χ4n) is 3.85. The minimum absolute atomic E-state index is 0.0580. The molecule has 1 heterocycles. The molecule has 3 unspecified atom stereocenters. The van der Waals surface area contributed by atoms with Crippen LogP contribution in [-0.2, 0) is 9.53 Å². The largest absolute Gasteiger partial charge is 0.444 e. The van der Waals surface area contributed by atoms with Crippen molar-refractivity contribution >= 4 is 12.0 Å². The molecule has 5 heteroatoms. The first-order valence-corrected chi connectivity index (χ1v) is 9.28. The zero-order chi connectivity index (χ0) is 18.1. The highest BCUT2D eigenvalue weighted by molar-refractivity contribution is 5.86. The molecule has 138 valence electrons. The van der Waals surface area contributed by atoms with Crippen molar-refractivity contribution in [2.45, 2.75) is 90.8 Å². The van der Waals surface area contributed by atoms with Gasteiger partial charge in [0, 0.05) is 12.1 Å². The van der Waals surface area contributed by atoms with Gasteiger partial charge in [0.15, 0.2) is 0 Å². The number of carbonyl (C=O) groups is 2. The lowest BCUT2D eigenvalue weighted by Gasteiger charge is -2.45. The van der Waals surface area contributed by atoms with Gasteiger partial charge in [-0.05, 0) is 66.2 Å². The number of likely N-dealkylation sites (tertiary alicyclic amines) is 1. The van der Waals surface area contributed by atoms with Crippen molar-refractivity contribution in [2.24, 2.45) is 11.8 Å². The Labute approximate surface area is 146 Å². The number of ether oxygens (including phenoxy) is 1. The SMILES string of the molecule is CC(C)(C)NC(=O)C1CC2CCCCC2CN1C(=O)OC(C)(C)C. The van der Waals surface area contributed by atoms with Crippen molar-refractivity contribution in [3.8, 4) is 0 Å². The Kier molecular flexibility index (Phi) is 5.50. The van der Waals surface area contributed by atoms with E-state index in [0.717, 1.165) is 12.8 Å². The molecule has 0 spiro atoms. The fourth-order valence-corrected chi connectivity index (χ4v) is 3.85. The topological polar surface area (TPSA) is 58.6 Å². The summed E-state index contributed by atoms with van der Waals surface area (Å²) in [6.07, 6.45) is 5.18. The Hall–Kier alpha value is -1.26. The molecular weight excluding hydrogens is 304 g/mol. The lowest BCUT2D eigenvalue weighted by atomic mass is 9.73. The number of carbonyl (C=O) groups excluding carboxylic acids is 2. The molecule has 2 amide bonds. The van der Waals surface area contributed by atoms with Crippen LogP contribution in [0.2, 0.25) is 0 Å². The van der Waals surface area contributed by atoms with E-state index in [0.29, 0.717) is 18.4 Å². The Balaban J connectivity index is 2.17. The van der Waals surface area contributed by atoms with Crippen LogP contribution in [0.25, 0.3) is 0 Å². The van der Waals surface area contributed by atoms with E-state index in [-0.39, 0.29) is 17.5 Å². The third-order valence-electron chi connectivity index (χ3n) is 4.83. The van der Waals surface area contributed by atoms with Crippen molar-refractivity contribution in [1.82, 2.24) is 10.2 Å². The average molecular weight is 338 g/mol. The van der Waals surface area contributed by atoms with E-state index in [9.17, 15) is 9.59 Å². The van der Waals surface area contributed by atoms with Crippen LogP contribution < -0.4 is 5.32 Å². The molecule has 5 nitrogen and oxygen atoms in total. The maximum absolute atomic E-state index is 12.8. The number of rotatable bonds is 1. The third kappa shape index (κ3) is 5.12. The number of piperidine rings is 1. The molecule has 1 aliphatic carbocycles. The number of nitrogens with zero attached hydrogens (tertiary/aromatic N) is 1. The molecule has 3 atom stereocenters. The Morgan fingerprint density at radius 1 is 1.00 bits per heavy atom. The molecular formula is C19H34N2O3. The summed E-state index contributed by atoms with van der Waals surface area (Å²) in [6, 6.07) is -0.418. The second-order valence-electron chi connectivity index (χ2n) is 9.43. The predicted molar refractivity (Wildman–Crippen MR) is 94.7 cm³/mol. The molecule has 0 radical (unpaired) electrons. The molecule has 0 aromatic carbocycles. The van der Waals surface area contributed by atoms with Gasteiger partial charge in [0.25, 0.3) is 0 Å². The molecule has 2 aliphatic rings. The summed E-state index contributed by atoms with van der Waals surface area (Å²) in [5.74, 6) is 0.996. The van der Waals surface area contributed by atoms with E-state index in [1.807, 2.05) is 41.5 Å². The molecule has 0 aromatic heterocycles. The molecule has 2 fully saturated rings.